The molecule has 0 spiro atoms. The van der Waals surface area contributed by atoms with E-state index >= 15 is 0 Å². The predicted molar refractivity (Wildman–Crippen MR) is 97.4 cm³/mol. The summed E-state index contributed by atoms with van der Waals surface area (Å²) in [5, 5.41) is 11.3. The molecule has 8 nitrogen and oxygen atoms in total. The number of methoxy groups -OCH3 is 2. The standard InChI is InChI=1S/C17H18N2O6S/c1-4-11-18(14-10-9-13(24-2)12-16(14)25-3)26(22,23)17-8-6-5-7-15(17)19(20)21/h4-10,12H,1,11H2,2-3H3. The van der Waals surface area contributed by atoms with Crippen LogP contribution in [0.1, 0.15) is 0 Å². The molecule has 0 aliphatic rings. The maximum Gasteiger partial charge on any atom is 0.289 e. The smallest absolute Gasteiger partial charge is 0.289 e. The van der Waals surface area contributed by atoms with Crippen molar-refractivity contribution < 1.29 is 22.8 Å². The fraction of sp³-hybridized carbons (Fsp3) is 0.176. The summed E-state index contributed by atoms with van der Waals surface area (Å²) in [6, 6.07) is 9.78. The summed E-state index contributed by atoms with van der Waals surface area (Å²) >= 11 is 0. The Morgan fingerprint density at radius 2 is 1.88 bits per heavy atom. The van der Waals surface area contributed by atoms with Crippen LogP contribution < -0.4 is 13.8 Å². The minimum absolute atomic E-state index is 0.100. The average molecular weight is 378 g/mol. The zero-order valence-electron chi connectivity index (χ0n) is 14.3. The SMILES string of the molecule is C=CCN(c1ccc(OC)cc1OC)S(=O)(=O)c1ccccc1[N+](=O)[O-]. The van der Waals surface area contributed by atoms with Gasteiger partial charge in [0.05, 0.1) is 31.4 Å². The van der Waals surface area contributed by atoms with Gasteiger partial charge in [-0.05, 0) is 18.2 Å². The van der Waals surface area contributed by atoms with E-state index in [0.717, 1.165) is 10.4 Å². The van der Waals surface area contributed by atoms with Gasteiger partial charge in [0.2, 0.25) is 0 Å². The van der Waals surface area contributed by atoms with E-state index in [2.05, 4.69) is 6.58 Å². The lowest BCUT2D eigenvalue weighted by molar-refractivity contribution is -0.387. The van der Waals surface area contributed by atoms with Crippen LogP contribution in [0.5, 0.6) is 11.5 Å². The minimum atomic E-state index is -4.24. The molecule has 0 atom stereocenters. The Bertz CT molecular complexity index is 927. The molecule has 9 heteroatoms. The Hall–Kier alpha value is -3.07. The number of nitrogens with zero attached hydrogens (tertiary/aromatic N) is 2. The van der Waals surface area contributed by atoms with Crippen LogP contribution in [-0.4, -0.2) is 34.1 Å². The first-order valence-corrected chi connectivity index (χ1v) is 8.90. The monoisotopic (exact) mass is 378 g/mol. The van der Waals surface area contributed by atoms with Crippen molar-refractivity contribution in [1.82, 2.24) is 0 Å². The van der Waals surface area contributed by atoms with Gasteiger partial charge in [-0.1, -0.05) is 18.2 Å². The largest absolute Gasteiger partial charge is 0.497 e. The van der Waals surface area contributed by atoms with E-state index in [4.69, 9.17) is 9.47 Å². The number of hydrogen-bond donors (Lipinski definition) is 0. The van der Waals surface area contributed by atoms with Crippen LogP contribution in [0.2, 0.25) is 0 Å². The molecule has 0 radical (unpaired) electrons. The van der Waals surface area contributed by atoms with Gasteiger partial charge in [-0.25, -0.2) is 8.42 Å². The summed E-state index contributed by atoms with van der Waals surface area (Å²) in [4.78, 5) is 10.1. The number of nitro groups is 1. The fourth-order valence-electron chi connectivity index (χ4n) is 2.38. The Morgan fingerprint density at radius 1 is 1.19 bits per heavy atom. The van der Waals surface area contributed by atoms with Crippen molar-refractivity contribution >= 4 is 21.4 Å². The molecule has 0 saturated carbocycles. The second-order valence-electron chi connectivity index (χ2n) is 5.09. The van der Waals surface area contributed by atoms with Gasteiger partial charge in [0, 0.05) is 12.1 Å². The van der Waals surface area contributed by atoms with Crippen molar-refractivity contribution in [3.8, 4) is 11.5 Å². The van der Waals surface area contributed by atoms with Crippen molar-refractivity contribution in [3.63, 3.8) is 0 Å². The number of nitro benzene ring substituents is 1. The molecule has 0 heterocycles. The maximum absolute atomic E-state index is 13.2. The highest BCUT2D eigenvalue weighted by atomic mass is 32.2. The van der Waals surface area contributed by atoms with Crippen LogP contribution >= 0.6 is 0 Å². The zero-order valence-corrected chi connectivity index (χ0v) is 15.1. The Morgan fingerprint density at radius 3 is 2.46 bits per heavy atom. The normalized spacial score (nSPS) is 10.8. The first-order valence-electron chi connectivity index (χ1n) is 7.46. The first-order chi connectivity index (χ1) is 12.4. The van der Waals surface area contributed by atoms with Gasteiger partial charge in [-0.3, -0.25) is 14.4 Å². The van der Waals surface area contributed by atoms with Crippen molar-refractivity contribution in [3.05, 3.63) is 65.2 Å². The molecule has 0 unspecified atom stereocenters. The van der Waals surface area contributed by atoms with E-state index in [1.54, 1.807) is 6.07 Å². The molecule has 0 aromatic heterocycles. The van der Waals surface area contributed by atoms with Gasteiger partial charge < -0.3 is 9.47 Å². The molecule has 138 valence electrons. The molecule has 26 heavy (non-hydrogen) atoms. The van der Waals surface area contributed by atoms with E-state index in [-0.39, 0.29) is 18.0 Å². The van der Waals surface area contributed by atoms with Crippen LogP contribution in [0.4, 0.5) is 11.4 Å². The minimum Gasteiger partial charge on any atom is -0.497 e. The molecular formula is C17H18N2O6S. The molecule has 2 aromatic rings. The number of hydrogen-bond acceptors (Lipinski definition) is 6. The number of para-hydroxylation sites is 1. The van der Waals surface area contributed by atoms with Gasteiger partial charge in [0.1, 0.15) is 11.5 Å². The van der Waals surface area contributed by atoms with Crippen molar-refractivity contribution in [2.75, 3.05) is 25.1 Å². The zero-order chi connectivity index (χ0) is 19.3. The number of anilines is 1. The Labute approximate surface area is 151 Å². The van der Waals surface area contributed by atoms with Gasteiger partial charge >= 0.3 is 0 Å². The lowest BCUT2D eigenvalue weighted by Gasteiger charge is -2.25. The molecule has 0 bridgehead atoms. The maximum atomic E-state index is 13.2. The number of benzene rings is 2. The highest BCUT2D eigenvalue weighted by Gasteiger charge is 2.32. The van der Waals surface area contributed by atoms with E-state index in [1.807, 2.05) is 0 Å². The van der Waals surface area contributed by atoms with Crippen LogP contribution in [0.3, 0.4) is 0 Å². The molecule has 2 rings (SSSR count). The summed E-state index contributed by atoms with van der Waals surface area (Å²) < 4.78 is 37.7. The first kappa shape index (κ1) is 19.3. The quantitative estimate of drug-likeness (QED) is 0.398. The van der Waals surface area contributed by atoms with Crippen LogP contribution in [-0.2, 0) is 10.0 Å². The van der Waals surface area contributed by atoms with Gasteiger partial charge in [0.25, 0.3) is 15.7 Å². The second kappa shape index (κ2) is 7.87. The van der Waals surface area contributed by atoms with Crippen molar-refractivity contribution in [1.29, 1.82) is 0 Å². The summed E-state index contributed by atoms with van der Waals surface area (Å²) in [6.45, 7) is 3.47. The summed E-state index contributed by atoms with van der Waals surface area (Å²) in [5.74, 6) is 0.723. The molecular weight excluding hydrogens is 360 g/mol. The van der Waals surface area contributed by atoms with Crippen LogP contribution in [0, 0.1) is 10.1 Å². The fourth-order valence-corrected chi connectivity index (χ4v) is 3.99. The van der Waals surface area contributed by atoms with Crippen LogP contribution in [0.25, 0.3) is 0 Å². The number of rotatable bonds is 8. The molecule has 0 N–H and O–H groups in total. The molecule has 0 fully saturated rings. The van der Waals surface area contributed by atoms with Gasteiger partial charge in [0.15, 0.2) is 4.90 Å². The summed E-state index contributed by atoms with van der Waals surface area (Å²) in [7, 11) is -1.38. The second-order valence-corrected chi connectivity index (χ2v) is 6.92. The summed E-state index contributed by atoms with van der Waals surface area (Å²) in [5.41, 5.74) is -0.291. The highest BCUT2D eigenvalue weighted by molar-refractivity contribution is 7.93. The molecule has 0 saturated heterocycles. The lowest BCUT2D eigenvalue weighted by Crippen LogP contribution is -2.32. The summed E-state index contributed by atoms with van der Waals surface area (Å²) in [6.07, 6.45) is 1.38. The van der Waals surface area contributed by atoms with Crippen molar-refractivity contribution in [2.24, 2.45) is 0 Å². The Kier molecular flexibility index (Phi) is 5.83. The van der Waals surface area contributed by atoms with E-state index < -0.39 is 25.5 Å². The van der Waals surface area contributed by atoms with E-state index in [1.165, 1.54) is 50.6 Å². The average Bonchev–Trinajstić information content (AvgIpc) is 2.65. The number of sulfonamides is 1. The topological polar surface area (TPSA) is 99.0 Å². The van der Waals surface area contributed by atoms with Crippen molar-refractivity contribution in [2.45, 2.75) is 4.90 Å². The predicted octanol–water partition coefficient (Wildman–Crippen LogP) is 2.99. The molecule has 0 aliphatic heterocycles. The third-order valence-corrected chi connectivity index (χ3v) is 5.41. The Balaban J connectivity index is 2.68. The van der Waals surface area contributed by atoms with Crippen LogP contribution in [0.15, 0.2) is 60.0 Å². The van der Waals surface area contributed by atoms with Gasteiger partial charge in [-0.2, -0.15) is 0 Å². The number of ether oxygens (including phenoxy) is 2. The third-order valence-electron chi connectivity index (χ3n) is 3.58. The third kappa shape index (κ3) is 3.62. The molecule has 2 aromatic carbocycles. The van der Waals surface area contributed by atoms with Gasteiger partial charge in [-0.15, -0.1) is 6.58 Å². The highest BCUT2D eigenvalue weighted by Crippen LogP contribution is 2.37. The molecule has 0 amide bonds. The van der Waals surface area contributed by atoms with E-state index in [9.17, 15) is 18.5 Å². The lowest BCUT2D eigenvalue weighted by atomic mass is 10.2. The molecule has 0 aliphatic carbocycles. The van der Waals surface area contributed by atoms with E-state index in [0.29, 0.717) is 5.75 Å².